The van der Waals surface area contributed by atoms with Gasteiger partial charge in [0.1, 0.15) is 0 Å². The molecule has 1 saturated heterocycles. The van der Waals surface area contributed by atoms with Crippen LogP contribution < -0.4 is 5.32 Å². The van der Waals surface area contributed by atoms with Crippen molar-refractivity contribution in [2.45, 2.75) is 25.3 Å². The number of likely N-dealkylation sites (tertiary alicyclic amines) is 1. The fourth-order valence-electron chi connectivity index (χ4n) is 1.78. The van der Waals surface area contributed by atoms with Crippen LogP contribution in [0.2, 0.25) is 0 Å². The van der Waals surface area contributed by atoms with Crippen molar-refractivity contribution in [1.82, 2.24) is 10.2 Å². The van der Waals surface area contributed by atoms with Gasteiger partial charge < -0.3 is 15.0 Å². The molecule has 1 rings (SSSR count). The summed E-state index contributed by atoms with van der Waals surface area (Å²) >= 11 is 0. The minimum absolute atomic E-state index is 0.0532. The Balaban J connectivity index is 2.16. The van der Waals surface area contributed by atoms with Crippen LogP contribution in [-0.2, 0) is 9.53 Å². The van der Waals surface area contributed by atoms with Crippen molar-refractivity contribution in [3.63, 3.8) is 0 Å². The van der Waals surface area contributed by atoms with Crippen molar-refractivity contribution in [3.05, 3.63) is 0 Å². The molecule has 1 aliphatic rings. The molecule has 14 heavy (non-hydrogen) atoms. The van der Waals surface area contributed by atoms with Gasteiger partial charge in [-0.15, -0.1) is 0 Å². The summed E-state index contributed by atoms with van der Waals surface area (Å²) in [5, 5.41) is 3.03. The fourth-order valence-corrected chi connectivity index (χ4v) is 1.78. The van der Waals surface area contributed by atoms with Crippen LogP contribution in [0, 0.1) is 0 Å². The van der Waals surface area contributed by atoms with Crippen LogP contribution in [0.5, 0.6) is 0 Å². The molecule has 0 aromatic heterocycles. The average Bonchev–Trinajstić information content (AvgIpc) is 2.55. The second-order valence-electron chi connectivity index (χ2n) is 3.66. The lowest BCUT2D eigenvalue weighted by atomic mass is 10.2. The normalized spacial score (nSPS) is 22.0. The Morgan fingerprint density at radius 1 is 1.57 bits per heavy atom. The lowest BCUT2D eigenvalue weighted by molar-refractivity contribution is -0.129. The second-order valence-corrected chi connectivity index (χ2v) is 3.66. The van der Waals surface area contributed by atoms with Crippen molar-refractivity contribution in [2.75, 3.05) is 33.9 Å². The van der Waals surface area contributed by atoms with Crippen LogP contribution in [0.25, 0.3) is 0 Å². The molecule has 4 nitrogen and oxygen atoms in total. The number of nitrogens with zero attached hydrogens (tertiary/aromatic N) is 1. The summed E-state index contributed by atoms with van der Waals surface area (Å²) in [6.07, 6.45) is 3.01. The highest BCUT2D eigenvalue weighted by molar-refractivity contribution is 5.83. The number of hydrogen-bond acceptors (Lipinski definition) is 3. The summed E-state index contributed by atoms with van der Waals surface area (Å²) in [7, 11) is 3.55. The van der Waals surface area contributed by atoms with Gasteiger partial charge >= 0.3 is 0 Å². The van der Waals surface area contributed by atoms with Crippen LogP contribution in [0.15, 0.2) is 0 Å². The maximum absolute atomic E-state index is 11.6. The Kier molecular flexibility index (Phi) is 4.90. The van der Waals surface area contributed by atoms with E-state index in [0.717, 1.165) is 39.0 Å². The van der Waals surface area contributed by atoms with Gasteiger partial charge in [-0.25, -0.2) is 0 Å². The van der Waals surface area contributed by atoms with E-state index >= 15 is 0 Å². The lowest BCUT2D eigenvalue weighted by Crippen LogP contribution is -2.36. The molecular weight excluding hydrogens is 180 g/mol. The molecule has 1 atom stereocenters. The SMILES string of the molecule is CNC1CCN(CCCCOC)C1=O. The number of rotatable bonds is 6. The third-order valence-corrected chi connectivity index (χ3v) is 2.67. The maximum Gasteiger partial charge on any atom is 0.239 e. The van der Waals surface area contributed by atoms with E-state index in [-0.39, 0.29) is 11.9 Å². The summed E-state index contributed by atoms with van der Waals surface area (Å²) < 4.78 is 4.96. The maximum atomic E-state index is 11.6. The molecule has 0 aromatic carbocycles. The van der Waals surface area contributed by atoms with Crippen LogP contribution in [-0.4, -0.2) is 50.7 Å². The van der Waals surface area contributed by atoms with Crippen LogP contribution >= 0.6 is 0 Å². The average molecular weight is 200 g/mol. The molecule has 1 heterocycles. The molecule has 4 heteroatoms. The van der Waals surface area contributed by atoms with E-state index in [1.54, 1.807) is 7.11 Å². The minimum atomic E-state index is 0.0532. The summed E-state index contributed by atoms with van der Waals surface area (Å²) in [4.78, 5) is 13.6. The summed E-state index contributed by atoms with van der Waals surface area (Å²) in [5.41, 5.74) is 0. The smallest absolute Gasteiger partial charge is 0.239 e. The topological polar surface area (TPSA) is 41.6 Å². The van der Waals surface area contributed by atoms with E-state index in [0.29, 0.717) is 0 Å². The van der Waals surface area contributed by atoms with Crippen LogP contribution in [0.3, 0.4) is 0 Å². The van der Waals surface area contributed by atoms with Gasteiger partial charge in [0.25, 0.3) is 0 Å². The van der Waals surface area contributed by atoms with Gasteiger partial charge in [-0.2, -0.15) is 0 Å². The largest absolute Gasteiger partial charge is 0.385 e. The number of unbranched alkanes of at least 4 members (excludes halogenated alkanes) is 1. The van der Waals surface area contributed by atoms with Crippen LogP contribution in [0.4, 0.5) is 0 Å². The molecule has 0 aromatic rings. The monoisotopic (exact) mass is 200 g/mol. The zero-order valence-electron chi connectivity index (χ0n) is 9.08. The lowest BCUT2D eigenvalue weighted by Gasteiger charge is -2.16. The van der Waals surface area contributed by atoms with Crippen molar-refractivity contribution in [3.8, 4) is 0 Å². The third kappa shape index (κ3) is 2.96. The van der Waals surface area contributed by atoms with Gasteiger partial charge in [-0.3, -0.25) is 4.79 Å². The number of carbonyl (C=O) groups is 1. The Morgan fingerprint density at radius 3 is 2.93 bits per heavy atom. The fraction of sp³-hybridized carbons (Fsp3) is 0.900. The van der Waals surface area contributed by atoms with Crippen molar-refractivity contribution in [2.24, 2.45) is 0 Å². The Labute approximate surface area is 85.6 Å². The molecule has 0 bridgehead atoms. The number of methoxy groups -OCH3 is 1. The second kappa shape index (κ2) is 5.98. The van der Waals surface area contributed by atoms with Gasteiger partial charge in [-0.05, 0) is 26.3 Å². The molecule has 1 amide bonds. The molecule has 82 valence electrons. The molecule has 1 N–H and O–H groups in total. The Morgan fingerprint density at radius 2 is 2.36 bits per heavy atom. The summed E-state index contributed by atoms with van der Waals surface area (Å²) in [5.74, 6) is 0.255. The molecule has 0 spiro atoms. The zero-order chi connectivity index (χ0) is 10.4. The van der Waals surface area contributed by atoms with Crippen molar-refractivity contribution < 1.29 is 9.53 Å². The first-order valence-corrected chi connectivity index (χ1v) is 5.24. The minimum Gasteiger partial charge on any atom is -0.385 e. The molecule has 1 unspecified atom stereocenters. The van der Waals surface area contributed by atoms with Gasteiger partial charge in [0, 0.05) is 26.8 Å². The van der Waals surface area contributed by atoms with E-state index in [1.165, 1.54) is 0 Å². The van der Waals surface area contributed by atoms with E-state index in [9.17, 15) is 4.79 Å². The highest BCUT2D eigenvalue weighted by Gasteiger charge is 2.29. The zero-order valence-corrected chi connectivity index (χ0v) is 9.08. The molecule has 0 radical (unpaired) electrons. The van der Waals surface area contributed by atoms with E-state index in [2.05, 4.69) is 5.32 Å². The number of likely N-dealkylation sites (N-methyl/N-ethyl adjacent to an activating group) is 1. The first-order chi connectivity index (χ1) is 6.79. The van der Waals surface area contributed by atoms with E-state index in [4.69, 9.17) is 4.74 Å². The number of ether oxygens (including phenoxy) is 1. The van der Waals surface area contributed by atoms with Crippen molar-refractivity contribution in [1.29, 1.82) is 0 Å². The predicted octanol–water partition coefficient (Wildman–Crippen LogP) is 0.233. The first-order valence-electron chi connectivity index (χ1n) is 5.24. The van der Waals surface area contributed by atoms with Crippen LogP contribution in [0.1, 0.15) is 19.3 Å². The highest BCUT2D eigenvalue weighted by atomic mass is 16.5. The van der Waals surface area contributed by atoms with Gasteiger partial charge in [0.2, 0.25) is 5.91 Å². The standard InChI is InChI=1S/C10H20N2O2/c1-11-9-5-7-12(10(9)13)6-3-4-8-14-2/h9,11H,3-8H2,1-2H3. The first kappa shape index (κ1) is 11.5. The quantitative estimate of drug-likeness (QED) is 0.624. The molecule has 1 fully saturated rings. The number of carbonyl (C=O) groups excluding carboxylic acids is 1. The molecule has 0 saturated carbocycles. The number of nitrogens with one attached hydrogen (secondary N) is 1. The van der Waals surface area contributed by atoms with Gasteiger partial charge in [0.15, 0.2) is 0 Å². The Bertz CT molecular complexity index is 185. The van der Waals surface area contributed by atoms with E-state index in [1.807, 2.05) is 11.9 Å². The molecule has 0 aliphatic carbocycles. The number of hydrogen-bond donors (Lipinski definition) is 1. The summed E-state index contributed by atoms with van der Waals surface area (Å²) in [6.45, 7) is 2.56. The summed E-state index contributed by atoms with van der Waals surface area (Å²) in [6, 6.07) is 0.0532. The van der Waals surface area contributed by atoms with E-state index < -0.39 is 0 Å². The predicted molar refractivity (Wildman–Crippen MR) is 55.2 cm³/mol. The Hall–Kier alpha value is -0.610. The van der Waals surface area contributed by atoms with Gasteiger partial charge in [-0.1, -0.05) is 0 Å². The van der Waals surface area contributed by atoms with Gasteiger partial charge in [0.05, 0.1) is 6.04 Å². The third-order valence-electron chi connectivity index (χ3n) is 2.67. The number of amides is 1. The highest BCUT2D eigenvalue weighted by Crippen LogP contribution is 2.11. The molecule has 1 aliphatic heterocycles. The van der Waals surface area contributed by atoms with Crippen molar-refractivity contribution >= 4 is 5.91 Å². The molecular formula is C10H20N2O2.